The van der Waals surface area contributed by atoms with Crippen molar-refractivity contribution in [2.45, 2.75) is 26.3 Å². The zero-order valence-electron chi connectivity index (χ0n) is 15.4. The van der Waals surface area contributed by atoms with Crippen molar-refractivity contribution in [2.75, 3.05) is 0 Å². The van der Waals surface area contributed by atoms with E-state index in [2.05, 4.69) is 29.0 Å². The number of hydrogen-bond acceptors (Lipinski definition) is 3. The predicted octanol–water partition coefficient (Wildman–Crippen LogP) is 4.68. The lowest BCUT2D eigenvalue weighted by Gasteiger charge is -2.28. The van der Waals surface area contributed by atoms with Crippen molar-refractivity contribution >= 4 is 28.2 Å². The second-order valence-electron chi connectivity index (χ2n) is 7.78. The fourth-order valence-corrected chi connectivity index (χ4v) is 3.93. The number of carbonyl (C=O) groups excluding carboxylic acids is 1. The number of H-pyrrole nitrogens is 1. The van der Waals surface area contributed by atoms with Crippen molar-refractivity contribution in [1.82, 2.24) is 10.3 Å². The van der Waals surface area contributed by atoms with E-state index in [0.717, 1.165) is 17.5 Å². The second-order valence-corrected chi connectivity index (χ2v) is 7.78. The minimum atomic E-state index is -0.459. The second kappa shape index (κ2) is 6.20. The molecular formula is C21H18N4O3. The first-order valence-corrected chi connectivity index (χ1v) is 8.87. The third kappa shape index (κ3) is 2.89. The van der Waals surface area contributed by atoms with Gasteiger partial charge in [-0.2, -0.15) is 0 Å². The number of nitrogens with zero attached hydrogens (tertiary/aromatic N) is 2. The molecule has 2 aromatic carbocycles. The molecule has 140 valence electrons. The van der Waals surface area contributed by atoms with Crippen LogP contribution in [0.25, 0.3) is 15.7 Å². The number of aromatic amines is 1. The molecule has 0 unspecified atom stereocenters. The number of nitrogens with one attached hydrogen (secondary N) is 2. The van der Waals surface area contributed by atoms with Gasteiger partial charge in [-0.05, 0) is 35.1 Å². The summed E-state index contributed by atoms with van der Waals surface area (Å²) in [6.45, 7) is 11.4. The van der Waals surface area contributed by atoms with Crippen LogP contribution in [0.15, 0.2) is 42.5 Å². The fourth-order valence-electron chi connectivity index (χ4n) is 3.93. The van der Waals surface area contributed by atoms with Gasteiger partial charge in [0.1, 0.15) is 5.69 Å². The Balaban J connectivity index is 1.66. The van der Waals surface area contributed by atoms with E-state index in [9.17, 15) is 14.9 Å². The third-order valence-electron chi connectivity index (χ3n) is 5.33. The van der Waals surface area contributed by atoms with Gasteiger partial charge in [0.15, 0.2) is 5.69 Å². The number of amides is 1. The minimum absolute atomic E-state index is 0.0176. The number of nitro benzene ring substituents is 1. The highest BCUT2D eigenvalue weighted by Crippen LogP contribution is 2.46. The van der Waals surface area contributed by atoms with E-state index in [4.69, 9.17) is 6.57 Å². The quantitative estimate of drug-likeness (QED) is 0.396. The van der Waals surface area contributed by atoms with Crippen molar-refractivity contribution < 1.29 is 9.72 Å². The van der Waals surface area contributed by atoms with Crippen molar-refractivity contribution in [1.29, 1.82) is 0 Å². The number of nitro groups is 1. The van der Waals surface area contributed by atoms with Gasteiger partial charge in [-0.3, -0.25) is 14.9 Å². The number of aromatic nitrogens is 1. The van der Waals surface area contributed by atoms with Gasteiger partial charge < -0.3 is 10.3 Å². The summed E-state index contributed by atoms with van der Waals surface area (Å²) in [5.74, 6) is -0.280. The number of rotatable bonds is 3. The lowest BCUT2D eigenvalue weighted by Crippen LogP contribution is -2.35. The van der Waals surface area contributed by atoms with Crippen molar-refractivity contribution in [3.8, 4) is 0 Å². The van der Waals surface area contributed by atoms with E-state index in [1.165, 1.54) is 12.1 Å². The number of fused-ring (bicyclic) bond motifs is 2. The summed E-state index contributed by atoms with van der Waals surface area (Å²) in [5.41, 5.74) is 3.46. The van der Waals surface area contributed by atoms with Crippen LogP contribution in [0.5, 0.6) is 0 Å². The maximum Gasteiger partial charge on any atom is 0.270 e. The van der Waals surface area contributed by atoms with Crippen LogP contribution >= 0.6 is 0 Å². The summed E-state index contributed by atoms with van der Waals surface area (Å²) >= 11 is 0. The van der Waals surface area contributed by atoms with Crippen molar-refractivity contribution in [3.05, 3.63) is 80.8 Å². The summed E-state index contributed by atoms with van der Waals surface area (Å²) in [6, 6.07) is 11.4. The maximum absolute atomic E-state index is 12.9. The third-order valence-corrected chi connectivity index (χ3v) is 5.33. The van der Waals surface area contributed by atoms with Crippen LogP contribution in [-0.4, -0.2) is 15.8 Å². The van der Waals surface area contributed by atoms with Gasteiger partial charge in [0.2, 0.25) is 0 Å². The lowest BCUT2D eigenvalue weighted by atomic mass is 9.85. The number of non-ortho nitro benzene ring substituents is 1. The Kier molecular flexibility index (Phi) is 3.93. The first-order chi connectivity index (χ1) is 13.3. The normalized spacial score (nSPS) is 17.1. The molecule has 7 heteroatoms. The zero-order chi connectivity index (χ0) is 20.1. The average molecular weight is 374 g/mol. The summed E-state index contributed by atoms with van der Waals surface area (Å²) < 4.78 is 0. The smallest absolute Gasteiger partial charge is 0.270 e. The lowest BCUT2D eigenvalue weighted by molar-refractivity contribution is -0.384. The van der Waals surface area contributed by atoms with E-state index in [0.29, 0.717) is 22.3 Å². The fraction of sp³-hybridized carbons (Fsp3) is 0.238. The van der Waals surface area contributed by atoms with E-state index < -0.39 is 4.92 Å². The molecular weight excluding hydrogens is 356 g/mol. The molecule has 1 heterocycles. The molecule has 1 aliphatic carbocycles. The van der Waals surface area contributed by atoms with Crippen LogP contribution in [0.4, 0.5) is 11.4 Å². The van der Waals surface area contributed by atoms with Crippen LogP contribution in [-0.2, 0) is 6.42 Å². The number of benzene rings is 2. The zero-order valence-corrected chi connectivity index (χ0v) is 15.4. The largest absolute Gasteiger partial charge is 0.351 e. The van der Waals surface area contributed by atoms with Crippen LogP contribution in [0.1, 0.15) is 41.5 Å². The van der Waals surface area contributed by atoms with Gasteiger partial charge in [0.25, 0.3) is 11.6 Å². The summed E-state index contributed by atoms with van der Waals surface area (Å²) in [4.78, 5) is 29.9. The summed E-state index contributed by atoms with van der Waals surface area (Å²) in [6.07, 6.45) is 0.810. The molecule has 0 aliphatic heterocycles. The van der Waals surface area contributed by atoms with Crippen LogP contribution in [0.2, 0.25) is 0 Å². The molecule has 0 bridgehead atoms. The van der Waals surface area contributed by atoms with Crippen molar-refractivity contribution in [3.63, 3.8) is 0 Å². The number of carbonyl (C=O) groups is 1. The number of hydrogen-bond donors (Lipinski definition) is 2. The Morgan fingerprint density at radius 3 is 2.79 bits per heavy atom. The molecule has 0 saturated heterocycles. The molecule has 0 fully saturated rings. The van der Waals surface area contributed by atoms with Crippen LogP contribution < -0.4 is 5.32 Å². The van der Waals surface area contributed by atoms with E-state index in [-0.39, 0.29) is 23.1 Å². The van der Waals surface area contributed by atoms with Gasteiger partial charge in [-0.25, -0.2) is 4.85 Å². The highest BCUT2D eigenvalue weighted by molar-refractivity contribution is 5.98. The molecule has 1 amide bonds. The molecule has 1 aliphatic rings. The Hall–Kier alpha value is -3.66. The highest BCUT2D eigenvalue weighted by atomic mass is 16.6. The summed E-state index contributed by atoms with van der Waals surface area (Å²) in [7, 11) is 0. The first-order valence-electron chi connectivity index (χ1n) is 8.87. The topological polar surface area (TPSA) is 92.4 Å². The van der Waals surface area contributed by atoms with Gasteiger partial charge >= 0.3 is 0 Å². The van der Waals surface area contributed by atoms with Gasteiger partial charge in [-0.1, -0.05) is 32.0 Å². The SMILES string of the molecule is [C-]#[N+]c1ccc2c(c1)[C@H](NC(=O)c1cc3cc([N+](=O)[O-])ccc3[nH]1)C(C)(C)C2. The molecule has 0 radical (unpaired) electrons. The first kappa shape index (κ1) is 17.7. The monoisotopic (exact) mass is 374 g/mol. The van der Waals surface area contributed by atoms with Gasteiger partial charge in [0, 0.05) is 23.0 Å². The molecule has 1 atom stereocenters. The molecule has 2 N–H and O–H groups in total. The molecule has 3 aromatic rings. The summed E-state index contributed by atoms with van der Waals surface area (Å²) in [5, 5.41) is 14.6. The maximum atomic E-state index is 12.9. The van der Waals surface area contributed by atoms with E-state index in [1.54, 1.807) is 18.2 Å². The average Bonchev–Trinajstić information content (AvgIpc) is 3.19. The van der Waals surface area contributed by atoms with Crippen LogP contribution in [0.3, 0.4) is 0 Å². The predicted molar refractivity (Wildman–Crippen MR) is 105 cm³/mol. The van der Waals surface area contributed by atoms with Gasteiger partial charge in [0.05, 0.1) is 17.5 Å². The Morgan fingerprint density at radius 1 is 1.29 bits per heavy atom. The van der Waals surface area contributed by atoms with E-state index in [1.807, 2.05) is 12.1 Å². The van der Waals surface area contributed by atoms with E-state index >= 15 is 0 Å². The minimum Gasteiger partial charge on any atom is -0.351 e. The molecule has 0 saturated carbocycles. The molecule has 1 aromatic heterocycles. The van der Waals surface area contributed by atoms with Crippen LogP contribution in [0, 0.1) is 22.1 Å². The van der Waals surface area contributed by atoms with Crippen molar-refractivity contribution in [2.24, 2.45) is 5.41 Å². The van der Waals surface area contributed by atoms with Gasteiger partial charge in [-0.15, -0.1) is 0 Å². The molecule has 4 rings (SSSR count). The Morgan fingerprint density at radius 2 is 2.07 bits per heavy atom. The highest BCUT2D eigenvalue weighted by Gasteiger charge is 2.40. The Labute approximate surface area is 161 Å². The molecule has 28 heavy (non-hydrogen) atoms. The molecule has 0 spiro atoms. The molecule has 7 nitrogen and oxygen atoms in total. The Bertz CT molecular complexity index is 1170. The standard InChI is InChI=1S/C21H18N4O3/c1-21(2)11-12-4-5-14(22-3)10-16(12)19(21)24-20(26)18-9-13-8-15(25(27)28)6-7-17(13)23-18/h4-10,19,23H,11H2,1-2H3,(H,24,26)/t19-/m0/s1.